The molecule has 0 aromatic heterocycles. The highest BCUT2D eigenvalue weighted by molar-refractivity contribution is 9.10. The summed E-state index contributed by atoms with van der Waals surface area (Å²) in [5.74, 6) is 0.810. The van der Waals surface area contributed by atoms with Gasteiger partial charge in [0.2, 0.25) is 0 Å². The minimum Gasteiger partial charge on any atom is -0.496 e. The number of rotatable bonds is 10. The van der Waals surface area contributed by atoms with Crippen molar-refractivity contribution in [3.05, 3.63) is 27.7 Å². The van der Waals surface area contributed by atoms with Crippen LogP contribution in [0, 0.1) is 6.92 Å². The fourth-order valence-corrected chi connectivity index (χ4v) is 3.25. The van der Waals surface area contributed by atoms with Crippen LogP contribution in [-0.4, -0.2) is 41.0 Å². The number of carbonyl (C=O) groups excluding carboxylic acids is 1. The van der Waals surface area contributed by atoms with Crippen LogP contribution in [0.5, 0.6) is 5.75 Å². The lowest BCUT2D eigenvalue weighted by Gasteiger charge is -2.15. The van der Waals surface area contributed by atoms with Crippen molar-refractivity contribution in [1.82, 2.24) is 0 Å². The van der Waals surface area contributed by atoms with Crippen molar-refractivity contribution in [3.8, 4) is 5.75 Å². The van der Waals surface area contributed by atoms with E-state index >= 15 is 0 Å². The number of hydrogen-bond donors (Lipinski definition) is 0. The molecule has 0 fully saturated rings. The van der Waals surface area contributed by atoms with Gasteiger partial charge < -0.3 is 14.2 Å². The molecule has 0 bridgehead atoms. The largest absolute Gasteiger partial charge is 0.496 e. The SMILES string of the molecule is COc1cc(Br)c(C(=O)CCOCOCC[Si](C)(C)C)cc1C. The molecule has 0 heterocycles. The van der Waals surface area contributed by atoms with Crippen molar-refractivity contribution < 1.29 is 19.0 Å². The first-order chi connectivity index (χ1) is 10.7. The van der Waals surface area contributed by atoms with E-state index in [0.717, 1.165) is 28.4 Å². The Labute approximate surface area is 148 Å². The quantitative estimate of drug-likeness (QED) is 0.247. The normalized spacial score (nSPS) is 11.6. The standard InChI is InChI=1S/C17H27BrO4Si/c1-13-10-14(15(18)11-17(13)20-2)16(19)6-7-21-12-22-8-9-23(3,4)5/h10-11H,6-9,12H2,1-5H3. The number of ketones is 1. The summed E-state index contributed by atoms with van der Waals surface area (Å²) in [4.78, 5) is 12.3. The fourth-order valence-electron chi connectivity index (χ4n) is 1.95. The Balaban J connectivity index is 2.33. The van der Waals surface area contributed by atoms with Gasteiger partial charge in [0, 0.05) is 31.1 Å². The van der Waals surface area contributed by atoms with Crippen molar-refractivity contribution in [3.63, 3.8) is 0 Å². The van der Waals surface area contributed by atoms with Gasteiger partial charge in [-0.3, -0.25) is 4.79 Å². The first-order valence-corrected chi connectivity index (χ1v) is 12.3. The molecule has 0 radical (unpaired) electrons. The van der Waals surface area contributed by atoms with Gasteiger partial charge in [-0.25, -0.2) is 0 Å². The summed E-state index contributed by atoms with van der Waals surface area (Å²) in [6.45, 7) is 10.2. The van der Waals surface area contributed by atoms with Crippen molar-refractivity contribution >= 4 is 29.8 Å². The van der Waals surface area contributed by atoms with Gasteiger partial charge >= 0.3 is 0 Å². The molecule has 1 aromatic carbocycles. The molecule has 130 valence electrons. The van der Waals surface area contributed by atoms with Crippen molar-refractivity contribution in [2.24, 2.45) is 0 Å². The van der Waals surface area contributed by atoms with E-state index in [9.17, 15) is 4.79 Å². The molecule has 0 aliphatic rings. The molecule has 6 heteroatoms. The lowest BCUT2D eigenvalue weighted by atomic mass is 10.1. The van der Waals surface area contributed by atoms with Crippen LogP contribution in [0.25, 0.3) is 0 Å². The predicted molar refractivity (Wildman–Crippen MR) is 99.3 cm³/mol. The summed E-state index contributed by atoms with van der Waals surface area (Å²) in [7, 11) is 0.560. The number of benzene rings is 1. The second-order valence-corrected chi connectivity index (χ2v) is 13.2. The van der Waals surface area contributed by atoms with Gasteiger partial charge in [-0.15, -0.1) is 0 Å². The lowest BCUT2D eigenvalue weighted by molar-refractivity contribution is -0.0484. The lowest BCUT2D eigenvalue weighted by Crippen LogP contribution is -2.22. The Kier molecular flexibility index (Phi) is 8.46. The zero-order valence-corrected chi connectivity index (χ0v) is 17.3. The van der Waals surface area contributed by atoms with Gasteiger partial charge in [0.15, 0.2) is 5.78 Å². The number of aryl methyl sites for hydroxylation is 1. The highest BCUT2D eigenvalue weighted by Gasteiger charge is 2.14. The molecule has 1 aromatic rings. The highest BCUT2D eigenvalue weighted by Crippen LogP contribution is 2.27. The molecule has 0 saturated heterocycles. The van der Waals surface area contributed by atoms with Crippen LogP contribution in [0.4, 0.5) is 0 Å². The van der Waals surface area contributed by atoms with Crippen molar-refractivity contribution in [2.45, 2.75) is 39.0 Å². The van der Waals surface area contributed by atoms with Gasteiger partial charge in [-0.05, 0) is 46.6 Å². The summed E-state index contributed by atoms with van der Waals surface area (Å²) >= 11 is 3.42. The van der Waals surface area contributed by atoms with E-state index in [1.165, 1.54) is 0 Å². The molecule has 4 nitrogen and oxygen atoms in total. The molecule has 0 aliphatic carbocycles. The van der Waals surface area contributed by atoms with Crippen LogP contribution in [-0.2, 0) is 9.47 Å². The highest BCUT2D eigenvalue weighted by atomic mass is 79.9. The van der Waals surface area contributed by atoms with Crippen LogP contribution < -0.4 is 4.74 Å². The molecule has 0 amide bonds. The molecular weight excluding hydrogens is 376 g/mol. The third kappa shape index (κ3) is 7.61. The maximum atomic E-state index is 12.3. The van der Waals surface area contributed by atoms with Crippen LogP contribution in [0.3, 0.4) is 0 Å². The Morgan fingerprint density at radius 2 is 1.83 bits per heavy atom. The minimum atomic E-state index is -1.06. The summed E-state index contributed by atoms with van der Waals surface area (Å²) in [6, 6.07) is 4.78. The van der Waals surface area contributed by atoms with Crippen molar-refractivity contribution in [1.29, 1.82) is 0 Å². The number of halogens is 1. The molecule has 0 unspecified atom stereocenters. The first kappa shape index (κ1) is 20.4. The number of methoxy groups -OCH3 is 1. The van der Waals surface area contributed by atoms with E-state index in [0.29, 0.717) is 18.6 Å². The summed E-state index contributed by atoms with van der Waals surface area (Å²) in [5.41, 5.74) is 1.60. The molecule has 1 rings (SSSR count). The van der Waals surface area contributed by atoms with Crippen LogP contribution in [0.1, 0.15) is 22.3 Å². The number of Topliss-reactive ketones (excluding diaryl/α,β-unsaturated/α-hetero) is 1. The third-order valence-corrected chi connectivity index (χ3v) is 5.78. The molecule has 0 aliphatic heterocycles. The van der Waals surface area contributed by atoms with E-state index in [1.807, 2.05) is 19.1 Å². The molecule has 0 atom stereocenters. The second-order valence-electron chi connectivity index (χ2n) is 6.72. The average molecular weight is 403 g/mol. The van der Waals surface area contributed by atoms with E-state index in [2.05, 4.69) is 35.6 Å². The Hall–Kier alpha value is -0.693. The second kappa shape index (κ2) is 9.57. The molecule has 0 saturated carbocycles. The van der Waals surface area contributed by atoms with E-state index < -0.39 is 8.07 Å². The number of carbonyl (C=O) groups is 1. The Bertz CT molecular complexity index is 526. The molecule has 0 N–H and O–H groups in total. The monoisotopic (exact) mass is 402 g/mol. The molecular formula is C17H27BrO4Si. The predicted octanol–water partition coefficient (Wildman–Crippen LogP) is 4.67. The number of ether oxygens (including phenoxy) is 3. The Morgan fingerprint density at radius 1 is 1.17 bits per heavy atom. The first-order valence-electron chi connectivity index (χ1n) is 7.77. The smallest absolute Gasteiger partial charge is 0.166 e. The van der Waals surface area contributed by atoms with Gasteiger partial charge in [0.05, 0.1) is 13.7 Å². The maximum Gasteiger partial charge on any atom is 0.166 e. The summed E-state index contributed by atoms with van der Waals surface area (Å²) in [6.07, 6.45) is 0.335. The van der Waals surface area contributed by atoms with Gasteiger partial charge in [-0.1, -0.05) is 19.6 Å². The van der Waals surface area contributed by atoms with E-state index in [4.69, 9.17) is 14.2 Å². The maximum absolute atomic E-state index is 12.3. The van der Waals surface area contributed by atoms with Crippen LogP contribution in [0.15, 0.2) is 16.6 Å². The minimum absolute atomic E-state index is 0.0460. The van der Waals surface area contributed by atoms with Crippen molar-refractivity contribution in [2.75, 3.05) is 27.1 Å². The third-order valence-electron chi connectivity index (χ3n) is 3.42. The van der Waals surface area contributed by atoms with Gasteiger partial charge in [0.25, 0.3) is 0 Å². The zero-order valence-electron chi connectivity index (χ0n) is 14.7. The van der Waals surface area contributed by atoms with E-state index in [1.54, 1.807) is 7.11 Å². The van der Waals surface area contributed by atoms with Crippen LogP contribution in [0.2, 0.25) is 25.7 Å². The molecule has 23 heavy (non-hydrogen) atoms. The average Bonchev–Trinajstić information content (AvgIpc) is 2.46. The zero-order chi connectivity index (χ0) is 17.5. The molecule has 0 spiro atoms. The summed E-state index contributed by atoms with van der Waals surface area (Å²) in [5, 5.41) is 0. The topological polar surface area (TPSA) is 44.8 Å². The van der Waals surface area contributed by atoms with Gasteiger partial charge in [0.1, 0.15) is 12.5 Å². The number of hydrogen-bond acceptors (Lipinski definition) is 4. The fraction of sp³-hybridized carbons (Fsp3) is 0.588. The van der Waals surface area contributed by atoms with E-state index in [-0.39, 0.29) is 12.6 Å². The van der Waals surface area contributed by atoms with Crippen LogP contribution >= 0.6 is 15.9 Å². The summed E-state index contributed by atoms with van der Waals surface area (Å²) < 4.78 is 16.8. The Morgan fingerprint density at radius 3 is 2.43 bits per heavy atom. The van der Waals surface area contributed by atoms with Gasteiger partial charge in [-0.2, -0.15) is 0 Å².